The fraction of sp³-hybridized carbons (Fsp3) is 0.615. The summed E-state index contributed by atoms with van der Waals surface area (Å²) >= 11 is 0. The molecule has 1 heterocycles. The van der Waals surface area contributed by atoms with Crippen molar-refractivity contribution in [2.24, 2.45) is 17.7 Å². The molecule has 3 heteroatoms. The van der Waals surface area contributed by atoms with Crippen molar-refractivity contribution in [2.75, 3.05) is 0 Å². The molecule has 0 saturated heterocycles. The van der Waals surface area contributed by atoms with Crippen LogP contribution in [0.25, 0.3) is 0 Å². The van der Waals surface area contributed by atoms with E-state index in [1.54, 1.807) is 0 Å². The van der Waals surface area contributed by atoms with Crippen LogP contribution in [0.1, 0.15) is 36.9 Å². The van der Waals surface area contributed by atoms with Crippen LogP contribution in [0.3, 0.4) is 0 Å². The normalized spacial score (nSPS) is 33.5. The van der Waals surface area contributed by atoms with E-state index < -0.39 is 0 Å². The first kappa shape index (κ1) is 10.2. The summed E-state index contributed by atoms with van der Waals surface area (Å²) in [7, 11) is 0. The summed E-state index contributed by atoms with van der Waals surface area (Å²) in [5, 5.41) is 0. The lowest BCUT2D eigenvalue weighted by Gasteiger charge is -2.23. The van der Waals surface area contributed by atoms with Gasteiger partial charge in [0.2, 0.25) is 0 Å². The van der Waals surface area contributed by atoms with Crippen LogP contribution in [0.4, 0.5) is 0 Å². The van der Waals surface area contributed by atoms with Crippen LogP contribution in [0, 0.1) is 11.8 Å². The minimum absolute atomic E-state index is 0.422. The van der Waals surface area contributed by atoms with Gasteiger partial charge < -0.3 is 0 Å². The Morgan fingerprint density at radius 2 is 2.38 bits per heavy atom. The fourth-order valence-electron chi connectivity index (χ4n) is 3.18. The second kappa shape index (κ2) is 3.82. The van der Waals surface area contributed by atoms with E-state index >= 15 is 0 Å². The molecule has 0 radical (unpaired) electrons. The van der Waals surface area contributed by atoms with Gasteiger partial charge in [0.25, 0.3) is 0 Å². The topological polar surface area (TPSA) is 50.9 Å². The molecule has 0 spiro atoms. The zero-order valence-corrected chi connectivity index (χ0v) is 9.69. The van der Waals surface area contributed by atoms with E-state index in [4.69, 9.17) is 5.84 Å². The molecule has 0 aliphatic heterocycles. The third-order valence-corrected chi connectivity index (χ3v) is 4.26. The molecule has 2 aliphatic carbocycles. The van der Waals surface area contributed by atoms with Gasteiger partial charge in [-0.15, -0.1) is 0 Å². The molecule has 0 amide bonds. The predicted molar refractivity (Wildman–Crippen MR) is 63.7 cm³/mol. The van der Waals surface area contributed by atoms with E-state index in [1.165, 1.54) is 24.1 Å². The number of nitrogens with zero attached hydrogens (tertiary/aromatic N) is 1. The second-order valence-corrected chi connectivity index (χ2v) is 5.26. The largest absolute Gasteiger partial charge is 0.271 e. The van der Waals surface area contributed by atoms with Crippen LogP contribution in [0.5, 0.6) is 0 Å². The van der Waals surface area contributed by atoms with Crippen LogP contribution < -0.4 is 11.3 Å². The first-order chi connectivity index (χ1) is 7.81. The van der Waals surface area contributed by atoms with Crippen molar-refractivity contribution < 1.29 is 0 Å². The molecule has 1 fully saturated rings. The van der Waals surface area contributed by atoms with Crippen molar-refractivity contribution in [1.82, 2.24) is 10.4 Å². The minimum atomic E-state index is 0.422. The van der Waals surface area contributed by atoms with E-state index in [-0.39, 0.29) is 0 Å². The molecule has 1 aromatic heterocycles. The van der Waals surface area contributed by atoms with Gasteiger partial charge in [-0.25, -0.2) is 0 Å². The summed E-state index contributed by atoms with van der Waals surface area (Å²) < 4.78 is 0. The van der Waals surface area contributed by atoms with Crippen molar-refractivity contribution in [1.29, 1.82) is 0 Å². The van der Waals surface area contributed by atoms with Crippen molar-refractivity contribution in [3.05, 3.63) is 29.6 Å². The molecule has 1 aromatic rings. The number of aromatic nitrogens is 1. The third kappa shape index (κ3) is 1.55. The zero-order chi connectivity index (χ0) is 11.1. The highest BCUT2D eigenvalue weighted by molar-refractivity contribution is 5.30. The lowest BCUT2D eigenvalue weighted by molar-refractivity contribution is 0.379. The molecule has 0 bridgehead atoms. The van der Waals surface area contributed by atoms with Gasteiger partial charge >= 0.3 is 0 Å². The number of hydrogen-bond acceptors (Lipinski definition) is 3. The van der Waals surface area contributed by atoms with Crippen LogP contribution in [-0.4, -0.2) is 11.0 Å². The molecule has 0 aromatic carbocycles. The van der Waals surface area contributed by atoms with E-state index in [9.17, 15) is 0 Å². The minimum Gasteiger partial charge on any atom is -0.271 e. The Bertz CT molecular complexity index is 391. The Kier molecular flexibility index (Phi) is 2.45. The molecule has 2 aliphatic rings. The van der Waals surface area contributed by atoms with E-state index in [2.05, 4.69) is 23.4 Å². The van der Waals surface area contributed by atoms with Gasteiger partial charge in [-0.3, -0.25) is 16.3 Å². The van der Waals surface area contributed by atoms with E-state index in [0.29, 0.717) is 12.0 Å². The average molecular weight is 217 g/mol. The van der Waals surface area contributed by atoms with Gasteiger partial charge in [-0.2, -0.15) is 0 Å². The summed E-state index contributed by atoms with van der Waals surface area (Å²) in [5.74, 6) is 7.84. The Morgan fingerprint density at radius 1 is 1.56 bits per heavy atom. The number of nitrogens with one attached hydrogen (secondary N) is 1. The maximum atomic E-state index is 5.74. The summed E-state index contributed by atoms with van der Waals surface area (Å²) in [5.41, 5.74) is 5.74. The first-order valence-corrected chi connectivity index (χ1v) is 6.21. The fourth-order valence-corrected chi connectivity index (χ4v) is 3.18. The van der Waals surface area contributed by atoms with Gasteiger partial charge in [-0.05, 0) is 42.7 Å². The molecular formula is C13H19N3. The predicted octanol–water partition coefficient (Wildman–Crippen LogP) is 1.60. The number of pyridine rings is 1. The molecule has 1 saturated carbocycles. The average Bonchev–Trinajstić information content (AvgIpc) is 2.88. The molecule has 86 valence electrons. The van der Waals surface area contributed by atoms with Gasteiger partial charge in [0, 0.05) is 23.9 Å². The maximum absolute atomic E-state index is 5.74. The molecule has 4 atom stereocenters. The zero-order valence-electron chi connectivity index (χ0n) is 9.69. The summed E-state index contributed by atoms with van der Waals surface area (Å²) in [6, 6.07) is 4.66. The van der Waals surface area contributed by atoms with Crippen molar-refractivity contribution in [3.63, 3.8) is 0 Å². The van der Waals surface area contributed by atoms with Gasteiger partial charge in [0.1, 0.15) is 0 Å². The van der Waals surface area contributed by atoms with Crippen molar-refractivity contribution in [3.8, 4) is 0 Å². The third-order valence-electron chi connectivity index (χ3n) is 4.26. The lowest BCUT2D eigenvalue weighted by atomic mass is 9.93. The van der Waals surface area contributed by atoms with Crippen LogP contribution in [0.2, 0.25) is 0 Å². The van der Waals surface area contributed by atoms with Crippen molar-refractivity contribution >= 4 is 0 Å². The second-order valence-electron chi connectivity index (χ2n) is 5.26. The highest BCUT2D eigenvalue weighted by Crippen LogP contribution is 2.47. The maximum Gasteiger partial charge on any atom is 0.0482 e. The van der Waals surface area contributed by atoms with Crippen LogP contribution in [-0.2, 0) is 6.42 Å². The number of hydrazine groups is 1. The van der Waals surface area contributed by atoms with Crippen molar-refractivity contribution in [2.45, 2.75) is 38.1 Å². The SMILES string of the molecule is CC1CC1C(NN)C1CCc2cccnc21. The quantitative estimate of drug-likeness (QED) is 0.597. The molecule has 4 unspecified atom stereocenters. The van der Waals surface area contributed by atoms with Gasteiger partial charge in [0.05, 0.1) is 0 Å². The molecule has 3 nitrogen and oxygen atoms in total. The summed E-state index contributed by atoms with van der Waals surface area (Å²) in [6.07, 6.45) is 5.58. The Morgan fingerprint density at radius 3 is 3.06 bits per heavy atom. The standard InChI is InChI=1S/C13H19N3/c1-8-7-11(8)13(16-14)10-5-4-9-3-2-6-15-12(9)10/h2-3,6,8,10-11,13,16H,4-5,7,14H2,1H3. The summed E-state index contributed by atoms with van der Waals surface area (Å²) in [4.78, 5) is 4.55. The number of aryl methyl sites for hydroxylation is 1. The number of fused-ring (bicyclic) bond motifs is 1. The number of hydrogen-bond donors (Lipinski definition) is 2. The smallest absolute Gasteiger partial charge is 0.0482 e. The monoisotopic (exact) mass is 217 g/mol. The first-order valence-electron chi connectivity index (χ1n) is 6.21. The Labute approximate surface area is 96.4 Å². The molecular weight excluding hydrogens is 198 g/mol. The summed E-state index contributed by atoms with van der Waals surface area (Å²) in [6.45, 7) is 2.31. The van der Waals surface area contributed by atoms with E-state index in [0.717, 1.165) is 18.3 Å². The molecule has 3 N–H and O–H groups in total. The Balaban J connectivity index is 1.85. The van der Waals surface area contributed by atoms with Gasteiger partial charge in [0.15, 0.2) is 0 Å². The number of rotatable bonds is 3. The van der Waals surface area contributed by atoms with Crippen LogP contribution >= 0.6 is 0 Å². The molecule has 3 rings (SSSR count). The van der Waals surface area contributed by atoms with E-state index in [1.807, 2.05) is 12.3 Å². The van der Waals surface area contributed by atoms with Crippen LogP contribution in [0.15, 0.2) is 18.3 Å². The Hall–Kier alpha value is -0.930. The highest BCUT2D eigenvalue weighted by Gasteiger charge is 2.44. The highest BCUT2D eigenvalue weighted by atomic mass is 15.2. The number of nitrogens with two attached hydrogens (primary N) is 1. The molecule has 16 heavy (non-hydrogen) atoms. The lowest BCUT2D eigenvalue weighted by Crippen LogP contribution is -2.41. The van der Waals surface area contributed by atoms with Gasteiger partial charge in [-0.1, -0.05) is 13.0 Å².